The van der Waals surface area contributed by atoms with Crippen LogP contribution in [0.25, 0.3) is 76.8 Å². The molecule has 0 aliphatic carbocycles. The Kier molecular flexibility index (Phi) is 6.09. The molecule has 8 rings (SSSR count). The lowest BCUT2D eigenvalue weighted by atomic mass is 9.84. The van der Waals surface area contributed by atoms with Crippen LogP contribution in [0.5, 0.6) is 0 Å². The Labute approximate surface area is 251 Å². The third-order valence-corrected chi connectivity index (χ3v) is 8.71. The summed E-state index contributed by atoms with van der Waals surface area (Å²) < 4.78 is 0. The highest BCUT2D eigenvalue weighted by Gasteiger charge is 2.18. The maximum atomic E-state index is 4.16. The van der Waals surface area contributed by atoms with Gasteiger partial charge in [-0.2, -0.15) is 0 Å². The van der Waals surface area contributed by atoms with E-state index >= 15 is 0 Å². The average Bonchev–Trinajstić information content (AvgIpc) is 3.08. The lowest BCUT2D eigenvalue weighted by Gasteiger charge is -2.19. The molecular weight excluding hydrogens is 518 g/mol. The quantitative estimate of drug-likeness (QED) is 0.200. The zero-order valence-electron chi connectivity index (χ0n) is 24.0. The van der Waals surface area contributed by atoms with Gasteiger partial charge in [0.05, 0.1) is 0 Å². The minimum absolute atomic E-state index is 1.18. The van der Waals surface area contributed by atoms with Crippen molar-refractivity contribution >= 4 is 32.3 Å². The van der Waals surface area contributed by atoms with Gasteiger partial charge < -0.3 is 0 Å². The first-order valence-electron chi connectivity index (χ1n) is 14.8. The van der Waals surface area contributed by atoms with E-state index in [9.17, 15) is 0 Å². The van der Waals surface area contributed by atoms with Gasteiger partial charge in [-0.15, -0.1) is 0 Å². The van der Waals surface area contributed by atoms with E-state index in [-0.39, 0.29) is 0 Å². The number of fused-ring (bicyclic) bond motifs is 3. The minimum Gasteiger partial charge on any atom is -0.265 e. The number of aromatic nitrogens is 1. The molecule has 7 aromatic carbocycles. The molecule has 0 unspecified atom stereocenters. The van der Waals surface area contributed by atoms with Crippen molar-refractivity contribution in [2.75, 3.05) is 0 Å². The van der Waals surface area contributed by atoms with Crippen LogP contribution in [0.1, 0.15) is 5.56 Å². The van der Waals surface area contributed by atoms with E-state index in [1.807, 2.05) is 12.4 Å². The number of pyridine rings is 1. The van der Waals surface area contributed by atoms with E-state index in [2.05, 4.69) is 158 Å². The highest BCUT2D eigenvalue weighted by atomic mass is 14.6. The molecule has 1 aromatic heterocycles. The lowest BCUT2D eigenvalue weighted by Crippen LogP contribution is -1.93. The molecule has 202 valence electrons. The topological polar surface area (TPSA) is 12.9 Å². The second-order valence-electron chi connectivity index (χ2n) is 11.2. The Morgan fingerprint density at radius 1 is 0.372 bits per heavy atom. The van der Waals surface area contributed by atoms with Crippen LogP contribution in [0.4, 0.5) is 0 Å². The summed E-state index contributed by atoms with van der Waals surface area (Å²) in [5.74, 6) is 0. The summed E-state index contributed by atoms with van der Waals surface area (Å²) in [6, 6.07) is 53.1. The maximum absolute atomic E-state index is 4.16. The van der Waals surface area contributed by atoms with E-state index in [1.54, 1.807) is 0 Å². The summed E-state index contributed by atoms with van der Waals surface area (Å²) in [6.07, 6.45) is 3.69. The van der Waals surface area contributed by atoms with Gasteiger partial charge in [0.1, 0.15) is 0 Å². The minimum atomic E-state index is 1.18. The summed E-state index contributed by atoms with van der Waals surface area (Å²) in [6.45, 7) is 2.23. The average molecular weight is 548 g/mol. The van der Waals surface area contributed by atoms with E-state index in [1.165, 1.54) is 82.4 Å². The molecular formula is C42H29N. The van der Waals surface area contributed by atoms with Crippen LogP contribution in [0.15, 0.2) is 158 Å². The van der Waals surface area contributed by atoms with Crippen LogP contribution in [0.2, 0.25) is 0 Å². The second kappa shape index (κ2) is 10.4. The van der Waals surface area contributed by atoms with Gasteiger partial charge in [0.2, 0.25) is 0 Å². The molecule has 0 atom stereocenters. The summed E-state index contributed by atoms with van der Waals surface area (Å²) in [5.41, 5.74) is 11.2. The first-order valence-corrected chi connectivity index (χ1v) is 14.8. The zero-order chi connectivity index (χ0) is 28.8. The molecule has 1 heteroatoms. The van der Waals surface area contributed by atoms with E-state index < -0.39 is 0 Å². The van der Waals surface area contributed by atoms with Crippen molar-refractivity contribution in [3.8, 4) is 44.5 Å². The van der Waals surface area contributed by atoms with Crippen LogP contribution in [-0.2, 0) is 0 Å². The fraction of sp³-hybridized carbons (Fsp3) is 0.0238. The van der Waals surface area contributed by atoms with Gasteiger partial charge in [0.25, 0.3) is 0 Å². The molecule has 0 saturated heterocycles. The third kappa shape index (κ3) is 4.38. The monoisotopic (exact) mass is 547 g/mol. The summed E-state index contributed by atoms with van der Waals surface area (Å²) in [4.78, 5) is 4.16. The Balaban J connectivity index is 1.34. The normalized spacial score (nSPS) is 11.4. The molecule has 0 aliphatic rings. The standard InChI is InChI=1S/C42H29N/c1-28-14-15-34(31-18-16-30(17-19-31)32-22-24-43-25-23-32)27-40(28)42-38-12-6-4-10-36(38)41(37-11-5-7-13-39(37)42)35-21-20-29-8-2-3-9-33(29)26-35/h2-27H,1H3. The molecule has 1 nitrogen and oxygen atoms in total. The Morgan fingerprint density at radius 3 is 1.51 bits per heavy atom. The predicted octanol–water partition coefficient (Wildman–Crippen LogP) is 11.5. The number of rotatable bonds is 4. The zero-order valence-corrected chi connectivity index (χ0v) is 24.0. The molecule has 0 fully saturated rings. The Bertz CT molecular complexity index is 2220. The van der Waals surface area contributed by atoms with Crippen molar-refractivity contribution in [3.05, 3.63) is 164 Å². The first kappa shape index (κ1) is 25.2. The lowest BCUT2D eigenvalue weighted by molar-refractivity contribution is 1.33. The summed E-state index contributed by atoms with van der Waals surface area (Å²) >= 11 is 0. The van der Waals surface area contributed by atoms with E-state index in [0.717, 1.165) is 0 Å². The molecule has 0 aliphatic heterocycles. The number of hydrogen-bond donors (Lipinski definition) is 0. The van der Waals surface area contributed by atoms with Crippen LogP contribution in [-0.4, -0.2) is 4.98 Å². The second-order valence-corrected chi connectivity index (χ2v) is 11.2. The van der Waals surface area contributed by atoms with Gasteiger partial charge in [0, 0.05) is 12.4 Å². The van der Waals surface area contributed by atoms with Crippen LogP contribution < -0.4 is 0 Å². The van der Waals surface area contributed by atoms with Crippen molar-refractivity contribution in [1.82, 2.24) is 4.98 Å². The summed E-state index contributed by atoms with van der Waals surface area (Å²) in [7, 11) is 0. The number of aryl methyl sites for hydroxylation is 1. The molecule has 0 spiro atoms. The van der Waals surface area contributed by atoms with Gasteiger partial charge >= 0.3 is 0 Å². The molecule has 0 bridgehead atoms. The Morgan fingerprint density at radius 2 is 0.860 bits per heavy atom. The van der Waals surface area contributed by atoms with Gasteiger partial charge in [0.15, 0.2) is 0 Å². The van der Waals surface area contributed by atoms with Crippen LogP contribution in [0, 0.1) is 6.92 Å². The molecule has 8 aromatic rings. The van der Waals surface area contributed by atoms with Crippen molar-refractivity contribution in [3.63, 3.8) is 0 Å². The number of hydrogen-bond acceptors (Lipinski definition) is 1. The fourth-order valence-corrected chi connectivity index (χ4v) is 6.54. The van der Waals surface area contributed by atoms with Gasteiger partial charge in [-0.25, -0.2) is 0 Å². The molecule has 0 saturated carbocycles. The molecule has 43 heavy (non-hydrogen) atoms. The highest BCUT2D eigenvalue weighted by molar-refractivity contribution is 6.22. The SMILES string of the molecule is Cc1ccc(-c2ccc(-c3ccncc3)cc2)cc1-c1c2ccccc2c(-c2ccc3ccccc3c2)c2ccccc12. The highest BCUT2D eigenvalue weighted by Crippen LogP contribution is 2.45. The van der Waals surface area contributed by atoms with Crippen molar-refractivity contribution in [2.45, 2.75) is 6.92 Å². The largest absolute Gasteiger partial charge is 0.265 e. The molecule has 0 N–H and O–H groups in total. The van der Waals surface area contributed by atoms with Crippen molar-refractivity contribution < 1.29 is 0 Å². The van der Waals surface area contributed by atoms with Crippen LogP contribution in [0.3, 0.4) is 0 Å². The van der Waals surface area contributed by atoms with Gasteiger partial charge in [-0.05, 0) is 114 Å². The number of nitrogens with zero attached hydrogens (tertiary/aromatic N) is 1. The molecule has 1 heterocycles. The fourth-order valence-electron chi connectivity index (χ4n) is 6.54. The third-order valence-electron chi connectivity index (χ3n) is 8.71. The van der Waals surface area contributed by atoms with Crippen molar-refractivity contribution in [1.29, 1.82) is 0 Å². The number of benzene rings is 7. The predicted molar refractivity (Wildman–Crippen MR) is 183 cm³/mol. The maximum Gasteiger partial charge on any atom is 0.0273 e. The smallest absolute Gasteiger partial charge is 0.0273 e. The summed E-state index contributed by atoms with van der Waals surface area (Å²) in [5, 5.41) is 7.62. The molecule has 0 amide bonds. The van der Waals surface area contributed by atoms with Crippen molar-refractivity contribution in [2.24, 2.45) is 0 Å². The van der Waals surface area contributed by atoms with Gasteiger partial charge in [-0.1, -0.05) is 121 Å². The first-order chi connectivity index (χ1) is 21.2. The van der Waals surface area contributed by atoms with Gasteiger partial charge in [-0.3, -0.25) is 4.98 Å². The Hall–Kier alpha value is -5.53. The van der Waals surface area contributed by atoms with Crippen LogP contribution >= 0.6 is 0 Å². The van der Waals surface area contributed by atoms with E-state index in [4.69, 9.17) is 0 Å². The molecule has 0 radical (unpaired) electrons. The van der Waals surface area contributed by atoms with E-state index in [0.29, 0.717) is 0 Å².